The summed E-state index contributed by atoms with van der Waals surface area (Å²) >= 11 is 0. The van der Waals surface area contributed by atoms with E-state index in [0.29, 0.717) is 11.7 Å². The third-order valence-corrected chi connectivity index (χ3v) is 9.78. The van der Waals surface area contributed by atoms with Crippen LogP contribution < -0.4 is 0 Å². The van der Waals surface area contributed by atoms with Gasteiger partial charge in [-0.15, -0.1) is 0 Å². The maximum Gasteiger partial charge on any atom is 0.111 e. The highest BCUT2D eigenvalue weighted by Crippen LogP contribution is 2.59. The van der Waals surface area contributed by atoms with Crippen molar-refractivity contribution in [2.45, 2.75) is 118 Å². The molecule has 0 fully saturated rings. The second-order valence-electron chi connectivity index (χ2n) is 13.2. The Kier molecular flexibility index (Phi) is 8.59. The minimum Gasteiger partial charge on any atom is -0.508 e. The van der Waals surface area contributed by atoms with E-state index in [2.05, 4.69) is 75.8 Å². The van der Waals surface area contributed by atoms with Gasteiger partial charge in [-0.05, 0) is 78.2 Å². The van der Waals surface area contributed by atoms with Gasteiger partial charge in [-0.25, -0.2) is 4.98 Å². The van der Waals surface area contributed by atoms with Gasteiger partial charge in [0.15, 0.2) is 0 Å². The molecule has 1 heterocycles. The van der Waals surface area contributed by atoms with E-state index in [-0.39, 0.29) is 10.8 Å². The van der Waals surface area contributed by atoms with E-state index in [1.165, 1.54) is 97.8 Å². The molecule has 0 saturated carbocycles. The Labute approximate surface area is 242 Å². The van der Waals surface area contributed by atoms with Gasteiger partial charge >= 0.3 is 0 Å². The van der Waals surface area contributed by atoms with Crippen molar-refractivity contribution in [3.8, 4) is 0 Å². The molecule has 40 heavy (non-hydrogen) atoms. The van der Waals surface area contributed by atoms with Gasteiger partial charge < -0.3 is 9.67 Å². The van der Waals surface area contributed by atoms with Crippen molar-refractivity contribution in [2.24, 2.45) is 10.8 Å². The molecule has 4 aliphatic rings. The molecule has 1 aromatic heterocycles. The number of fused-ring (bicyclic) bond motifs is 4. The molecule has 2 atom stereocenters. The maximum absolute atomic E-state index is 10.2. The highest BCUT2D eigenvalue weighted by Gasteiger charge is 2.46. The van der Waals surface area contributed by atoms with Gasteiger partial charge in [-0.1, -0.05) is 110 Å². The fourth-order valence-electron chi connectivity index (χ4n) is 7.18. The van der Waals surface area contributed by atoms with Gasteiger partial charge in [0.05, 0.1) is 17.4 Å². The smallest absolute Gasteiger partial charge is 0.111 e. The van der Waals surface area contributed by atoms with Crippen LogP contribution in [0.5, 0.6) is 0 Å². The lowest BCUT2D eigenvalue weighted by Gasteiger charge is -2.43. The van der Waals surface area contributed by atoms with Crippen LogP contribution >= 0.6 is 0 Å². The topological polar surface area (TPSA) is 38.0 Å². The number of aliphatic hydroxyl groups excluding tert-OH is 1. The number of hydrogen-bond donors (Lipinski definition) is 1. The molecule has 1 N–H and O–H groups in total. The third kappa shape index (κ3) is 5.41. The Morgan fingerprint density at radius 1 is 0.925 bits per heavy atom. The van der Waals surface area contributed by atoms with Crippen molar-refractivity contribution in [1.82, 2.24) is 9.55 Å². The molecule has 0 unspecified atom stereocenters. The third-order valence-electron chi connectivity index (χ3n) is 9.78. The Balaban J connectivity index is 1.38. The van der Waals surface area contributed by atoms with E-state index < -0.39 is 0 Å². The number of nitrogens with zero attached hydrogens (tertiary/aromatic N) is 2. The lowest BCUT2D eigenvalue weighted by atomic mass is 9.61. The number of unbranched alkanes of at least 4 members (excludes halogenated alkanes) is 9. The van der Waals surface area contributed by atoms with Gasteiger partial charge in [0, 0.05) is 17.3 Å². The predicted molar refractivity (Wildman–Crippen MR) is 169 cm³/mol. The molecule has 0 amide bonds. The summed E-state index contributed by atoms with van der Waals surface area (Å²) in [6.07, 6.45) is 35.6. The molecule has 3 nitrogen and oxygen atoms in total. The standard InChI is InChI=1S/C37H50N2O/c1-6-7-8-9-10-11-12-13-14-15-16-28-23-34(39-25-33(27(2)3)38-26-39)37(5)22-20-32-31(35(28)37)18-17-29-24-30(40)19-21-36(29,32)4/h17-20,22-27,40H,6-16,21H2,1-5H3/t36-,37-/m1/s1. The minimum atomic E-state index is -0.184. The summed E-state index contributed by atoms with van der Waals surface area (Å²) in [6.45, 7) is 11.4. The van der Waals surface area contributed by atoms with Crippen molar-refractivity contribution >= 4 is 5.70 Å². The molecule has 0 saturated heterocycles. The summed E-state index contributed by atoms with van der Waals surface area (Å²) in [5, 5.41) is 10.2. The molecule has 0 radical (unpaired) electrons. The first-order valence-corrected chi connectivity index (χ1v) is 16.0. The molecule has 1 aromatic rings. The number of aliphatic hydroxyl groups is 1. The quantitative estimate of drug-likeness (QED) is 0.254. The normalized spacial score (nSPS) is 25.2. The van der Waals surface area contributed by atoms with E-state index >= 15 is 0 Å². The van der Waals surface area contributed by atoms with Crippen LogP contribution in [0.15, 0.2) is 88.7 Å². The van der Waals surface area contributed by atoms with Crippen LogP contribution in [0.25, 0.3) is 5.70 Å². The van der Waals surface area contributed by atoms with Crippen LogP contribution in [0.3, 0.4) is 0 Å². The average molecular weight is 539 g/mol. The van der Waals surface area contributed by atoms with Crippen molar-refractivity contribution in [3.63, 3.8) is 0 Å². The van der Waals surface area contributed by atoms with Crippen LogP contribution in [0, 0.1) is 10.8 Å². The lowest BCUT2D eigenvalue weighted by Crippen LogP contribution is -2.31. The highest BCUT2D eigenvalue weighted by atomic mass is 16.3. The van der Waals surface area contributed by atoms with E-state index in [0.717, 1.165) is 18.5 Å². The zero-order chi connectivity index (χ0) is 28.3. The minimum absolute atomic E-state index is 0.105. The van der Waals surface area contributed by atoms with Crippen LogP contribution in [-0.2, 0) is 0 Å². The SMILES string of the molecule is CCCCCCCCCCCCC1=C2C3=C(C=C[C@]2(C)C(n2cnc(C(C)C)c2)=C1)[C@]1(C)CC=C(O)C=C1C=C3. The van der Waals surface area contributed by atoms with Gasteiger partial charge in [0.25, 0.3) is 0 Å². The first kappa shape index (κ1) is 28.7. The average Bonchev–Trinajstić information content (AvgIpc) is 3.53. The fraction of sp³-hybridized carbons (Fsp3) is 0.541. The lowest BCUT2D eigenvalue weighted by molar-refractivity contribution is 0.400. The van der Waals surface area contributed by atoms with Crippen molar-refractivity contribution in [3.05, 3.63) is 94.4 Å². The molecule has 0 aliphatic heterocycles. The first-order valence-electron chi connectivity index (χ1n) is 16.0. The molecule has 0 aromatic carbocycles. The second kappa shape index (κ2) is 12.0. The van der Waals surface area contributed by atoms with Crippen molar-refractivity contribution in [2.75, 3.05) is 0 Å². The van der Waals surface area contributed by atoms with Gasteiger partial charge in [0.1, 0.15) is 5.76 Å². The highest BCUT2D eigenvalue weighted by molar-refractivity contribution is 5.80. The Bertz CT molecular complexity index is 1320. The summed E-state index contributed by atoms with van der Waals surface area (Å²) < 4.78 is 2.28. The van der Waals surface area contributed by atoms with Gasteiger partial charge in [-0.2, -0.15) is 0 Å². The predicted octanol–water partition coefficient (Wildman–Crippen LogP) is 10.7. The van der Waals surface area contributed by atoms with Crippen LogP contribution in [0.4, 0.5) is 0 Å². The van der Waals surface area contributed by atoms with E-state index in [9.17, 15) is 5.11 Å². The monoisotopic (exact) mass is 538 g/mol. The largest absolute Gasteiger partial charge is 0.508 e. The van der Waals surface area contributed by atoms with Crippen molar-refractivity contribution in [1.29, 1.82) is 0 Å². The van der Waals surface area contributed by atoms with E-state index in [4.69, 9.17) is 4.98 Å². The van der Waals surface area contributed by atoms with Crippen molar-refractivity contribution < 1.29 is 5.11 Å². The van der Waals surface area contributed by atoms with Gasteiger partial charge in [-0.3, -0.25) is 0 Å². The number of imidazole rings is 1. The number of hydrogen-bond acceptors (Lipinski definition) is 2. The zero-order valence-corrected chi connectivity index (χ0v) is 25.6. The number of aromatic nitrogens is 2. The zero-order valence-electron chi connectivity index (χ0n) is 25.6. The van der Waals surface area contributed by atoms with Crippen LogP contribution in [0.1, 0.15) is 123 Å². The van der Waals surface area contributed by atoms with Crippen LogP contribution in [-0.4, -0.2) is 14.7 Å². The maximum atomic E-state index is 10.2. The number of rotatable bonds is 13. The summed E-state index contributed by atoms with van der Waals surface area (Å²) in [4.78, 5) is 4.75. The summed E-state index contributed by atoms with van der Waals surface area (Å²) in [5.74, 6) is 0.797. The van der Waals surface area contributed by atoms with Crippen LogP contribution in [0.2, 0.25) is 0 Å². The summed E-state index contributed by atoms with van der Waals surface area (Å²) in [6, 6.07) is 0. The molecule has 0 spiro atoms. The van der Waals surface area contributed by atoms with Gasteiger partial charge in [0.2, 0.25) is 0 Å². The molecular formula is C37H50N2O. The van der Waals surface area contributed by atoms with E-state index in [1.54, 1.807) is 0 Å². The van der Waals surface area contributed by atoms with E-state index in [1.807, 2.05) is 18.5 Å². The Morgan fingerprint density at radius 2 is 1.62 bits per heavy atom. The molecule has 214 valence electrons. The molecule has 5 rings (SSSR count). The first-order chi connectivity index (χ1) is 19.3. The second-order valence-corrected chi connectivity index (χ2v) is 13.2. The fourth-order valence-corrected chi connectivity index (χ4v) is 7.18. The Morgan fingerprint density at radius 3 is 2.30 bits per heavy atom. The molecule has 3 heteroatoms. The summed E-state index contributed by atoms with van der Waals surface area (Å²) in [7, 11) is 0. The molecular weight excluding hydrogens is 488 g/mol. The number of allylic oxidation sites excluding steroid dienone is 13. The summed E-state index contributed by atoms with van der Waals surface area (Å²) in [5.41, 5.74) is 9.11. The molecule has 0 bridgehead atoms. The molecule has 4 aliphatic carbocycles. The Hall–Kier alpha value is -2.81.